The van der Waals surface area contributed by atoms with Crippen molar-refractivity contribution in [1.82, 2.24) is 14.3 Å². The van der Waals surface area contributed by atoms with Crippen LogP contribution in [-0.4, -0.2) is 33.0 Å². The highest BCUT2D eigenvalue weighted by atomic mass is 16.7. The molecule has 0 N–H and O–H groups in total. The molecular formula is C17H22N4O4. The minimum absolute atomic E-state index is 0.212. The van der Waals surface area contributed by atoms with E-state index in [0.29, 0.717) is 5.56 Å². The van der Waals surface area contributed by atoms with Crippen molar-refractivity contribution >= 4 is 12.1 Å². The van der Waals surface area contributed by atoms with E-state index in [-0.39, 0.29) is 18.1 Å². The number of hydrogen-bond acceptors (Lipinski definition) is 5. The molecule has 1 unspecified atom stereocenters. The van der Waals surface area contributed by atoms with Crippen LogP contribution >= 0.6 is 0 Å². The van der Waals surface area contributed by atoms with Crippen molar-refractivity contribution in [1.29, 1.82) is 0 Å². The zero-order chi connectivity index (χ0) is 18.6. The van der Waals surface area contributed by atoms with Crippen LogP contribution in [-0.2, 0) is 16.5 Å². The molecule has 0 radical (unpaired) electrons. The van der Waals surface area contributed by atoms with Crippen molar-refractivity contribution in [2.75, 3.05) is 6.61 Å². The molecule has 8 nitrogen and oxygen atoms in total. The van der Waals surface area contributed by atoms with Crippen LogP contribution in [0.2, 0.25) is 0 Å². The number of benzene rings is 1. The average Bonchev–Trinajstić information content (AvgIpc) is 2.88. The maximum atomic E-state index is 12.4. The Balaban J connectivity index is 2.26. The van der Waals surface area contributed by atoms with Gasteiger partial charge in [0.1, 0.15) is 6.33 Å². The Morgan fingerprint density at radius 1 is 1.32 bits per heavy atom. The van der Waals surface area contributed by atoms with Crippen LogP contribution in [0.1, 0.15) is 41.6 Å². The van der Waals surface area contributed by atoms with Crippen molar-refractivity contribution in [3.63, 3.8) is 0 Å². The van der Waals surface area contributed by atoms with Gasteiger partial charge in [0.05, 0.1) is 6.61 Å². The normalized spacial score (nSPS) is 12.8. The van der Waals surface area contributed by atoms with E-state index in [1.165, 1.54) is 15.7 Å². The van der Waals surface area contributed by atoms with Gasteiger partial charge >= 0.3 is 6.16 Å². The second kappa shape index (κ2) is 7.78. The molecule has 0 bridgehead atoms. The highest BCUT2D eigenvalue weighted by Gasteiger charge is 2.15. The summed E-state index contributed by atoms with van der Waals surface area (Å²) < 4.78 is 12.9. The lowest BCUT2D eigenvalue weighted by Crippen LogP contribution is -2.27. The first-order valence-corrected chi connectivity index (χ1v) is 7.93. The second-order valence-corrected chi connectivity index (χ2v) is 5.58. The highest BCUT2D eigenvalue weighted by Crippen LogP contribution is 2.11. The van der Waals surface area contributed by atoms with Crippen LogP contribution in [0.25, 0.3) is 0 Å². The van der Waals surface area contributed by atoms with Gasteiger partial charge in [0, 0.05) is 12.6 Å². The van der Waals surface area contributed by atoms with E-state index in [4.69, 9.17) is 9.47 Å². The molecule has 0 aliphatic rings. The lowest BCUT2D eigenvalue weighted by molar-refractivity contribution is -0.00322. The number of hydrogen-bond donors (Lipinski definition) is 0. The SMILES string of the molecule is CCOC(=O)OC(C)n1cnc(=NC(=O)c2ccc(C)cc2C)n1C. The summed E-state index contributed by atoms with van der Waals surface area (Å²) in [6.07, 6.45) is 0.0168. The number of carbonyl (C=O) groups is 2. The number of ether oxygens (including phenoxy) is 2. The first-order valence-electron chi connectivity index (χ1n) is 7.93. The minimum atomic E-state index is -0.770. The van der Waals surface area contributed by atoms with Crippen molar-refractivity contribution < 1.29 is 19.1 Å². The van der Waals surface area contributed by atoms with Gasteiger partial charge in [-0.2, -0.15) is 4.99 Å². The van der Waals surface area contributed by atoms with E-state index in [0.717, 1.165) is 11.1 Å². The summed E-state index contributed by atoms with van der Waals surface area (Å²) in [6.45, 7) is 7.41. The molecule has 0 aliphatic carbocycles. The number of nitrogens with zero attached hydrogens (tertiary/aromatic N) is 4. The molecule has 25 heavy (non-hydrogen) atoms. The van der Waals surface area contributed by atoms with Gasteiger partial charge < -0.3 is 9.47 Å². The summed E-state index contributed by atoms with van der Waals surface area (Å²) in [5.74, 6) is -0.377. The maximum Gasteiger partial charge on any atom is 0.510 e. The van der Waals surface area contributed by atoms with E-state index in [1.807, 2.05) is 26.0 Å². The molecule has 8 heteroatoms. The Kier molecular flexibility index (Phi) is 5.74. The topological polar surface area (TPSA) is 87.7 Å². The molecule has 0 saturated heterocycles. The van der Waals surface area contributed by atoms with Crippen LogP contribution in [0.3, 0.4) is 0 Å². The molecule has 1 aromatic carbocycles. The monoisotopic (exact) mass is 346 g/mol. The molecule has 1 aromatic heterocycles. The summed E-state index contributed by atoms with van der Waals surface area (Å²) in [4.78, 5) is 32.0. The predicted octanol–water partition coefficient (Wildman–Crippen LogP) is 2.27. The lowest BCUT2D eigenvalue weighted by atomic mass is 10.1. The zero-order valence-electron chi connectivity index (χ0n) is 15.0. The van der Waals surface area contributed by atoms with E-state index >= 15 is 0 Å². The number of aromatic nitrogens is 3. The number of aryl methyl sites for hydroxylation is 2. The Labute approximate surface area is 145 Å². The number of rotatable bonds is 4. The number of amides is 1. The molecule has 0 spiro atoms. The maximum absolute atomic E-state index is 12.4. The standard InChI is InChI=1S/C17H22N4O4/c1-6-24-17(23)25-13(4)21-10-18-16(20(21)5)19-15(22)14-8-7-11(2)9-12(14)3/h7-10,13H,6H2,1-5H3. The van der Waals surface area contributed by atoms with Crippen molar-refractivity contribution in [3.8, 4) is 0 Å². The third-order valence-electron chi connectivity index (χ3n) is 3.64. The molecule has 2 aromatic rings. The highest BCUT2D eigenvalue weighted by molar-refractivity contribution is 5.96. The lowest BCUT2D eigenvalue weighted by Gasteiger charge is -2.15. The smallest absolute Gasteiger partial charge is 0.435 e. The molecule has 1 heterocycles. The van der Waals surface area contributed by atoms with Crippen molar-refractivity contribution in [2.45, 2.75) is 33.9 Å². The zero-order valence-corrected chi connectivity index (χ0v) is 15.0. The molecule has 1 amide bonds. The molecule has 134 valence electrons. The Bertz CT molecular complexity index is 851. The minimum Gasteiger partial charge on any atom is -0.435 e. The van der Waals surface area contributed by atoms with E-state index in [1.54, 1.807) is 27.0 Å². The fourth-order valence-electron chi connectivity index (χ4n) is 2.36. The Morgan fingerprint density at radius 2 is 2.04 bits per heavy atom. The van der Waals surface area contributed by atoms with Gasteiger partial charge in [-0.05, 0) is 39.3 Å². The van der Waals surface area contributed by atoms with Gasteiger partial charge in [0.25, 0.3) is 5.91 Å². The van der Waals surface area contributed by atoms with Gasteiger partial charge in [-0.3, -0.25) is 9.48 Å². The van der Waals surface area contributed by atoms with E-state index in [2.05, 4.69) is 9.98 Å². The molecule has 2 rings (SSSR count). The van der Waals surface area contributed by atoms with Gasteiger partial charge in [0.2, 0.25) is 5.62 Å². The van der Waals surface area contributed by atoms with Crippen LogP contribution in [0, 0.1) is 13.8 Å². The van der Waals surface area contributed by atoms with E-state index < -0.39 is 12.4 Å². The molecule has 0 fully saturated rings. The Morgan fingerprint density at radius 3 is 2.68 bits per heavy atom. The molecule has 0 saturated carbocycles. The fourth-order valence-corrected chi connectivity index (χ4v) is 2.36. The van der Waals surface area contributed by atoms with Crippen molar-refractivity contribution in [2.24, 2.45) is 12.0 Å². The molecule has 0 aliphatic heterocycles. The van der Waals surface area contributed by atoms with Gasteiger partial charge in [-0.25, -0.2) is 14.5 Å². The van der Waals surface area contributed by atoms with Crippen LogP contribution in [0.15, 0.2) is 29.5 Å². The predicted molar refractivity (Wildman–Crippen MR) is 89.8 cm³/mol. The quantitative estimate of drug-likeness (QED) is 0.793. The summed E-state index contributed by atoms with van der Waals surface area (Å²) >= 11 is 0. The Hall–Kier alpha value is -2.90. The second-order valence-electron chi connectivity index (χ2n) is 5.58. The summed E-state index contributed by atoms with van der Waals surface area (Å²) in [5, 5.41) is 0. The summed E-state index contributed by atoms with van der Waals surface area (Å²) in [6, 6.07) is 5.54. The largest absolute Gasteiger partial charge is 0.510 e. The van der Waals surface area contributed by atoms with Crippen LogP contribution in [0.5, 0.6) is 0 Å². The van der Waals surface area contributed by atoms with E-state index in [9.17, 15) is 9.59 Å². The third kappa shape index (κ3) is 4.34. The molecule has 1 atom stereocenters. The number of carbonyl (C=O) groups excluding carboxylic acids is 2. The van der Waals surface area contributed by atoms with Gasteiger partial charge in [-0.15, -0.1) is 0 Å². The summed E-state index contributed by atoms with van der Waals surface area (Å²) in [7, 11) is 1.67. The first kappa shape index (κ1) is 18.4. The van der Waals surface area contributed by atoms with Gasteiger partial charge in [-0.1, -0.05) is 17.7 Å². The van der Waals surface area contributed by atoms with Crippen LogP contribution in [0.4, 0.5) is 4.79 Å². The average molecular weight is 346 g/mol. The summed E-state index contributed by atoms with van der Waals surface area (Å²) in [5.41, 5.74) is 2.67. The van der Waals surface area contributed by atoms with Crippen LogP contribution < -0.4 is 5.62 Å². The fraction of sp³-hybridized carbons (Fsp3) is 0.412. The third-order valence-corrected chi connectivity index (χ3v) is 3.64. The van der Waals surface area contributed by atoms with Gasteiger partial charge in [0.15, 0.2) is 6.23 Å². The first-order chi connectivity index (χ1) is 11.8. The van der Waals surface area contributed by atoms with Crippen molar-refractivity contribution in [3.05, 3.63) is 46.8 Å². The molecular weight excluding hydrogens is 324 g/mol.